The standard InChI is InChI=1S/C29H41N7O2S/c1-17(2)27-32-15-25(35(27)7)21(30)16-36(31)24-12-19(11-10-18(24)3)28(37)33-22-13-20(29(4,5)6)14-23(34-39-9)26(22)38-8/h10-17,34H,30-31H2,1-9H3,(H,33,37)/b21-16-. The molecule has 3 rings (SSSR count). The van der Waals surface area contributed by atoms with Crippen molar-refractivity contribution < 1.29 is 9.53 Å². The van der Waals surface area contributed by atoms with Crippen LogP contribution in [0.15, 0.2) is 42.7 Å². The van der Waals surface area contributed by atoms with E-state index in [0.29, 0.717) is 28.4 Å². The van der Waals surface area contributed by atoms with E-state index in [4.69, 9.17) is 16.3 Å². The van der Waals surface area contributed by atoms with Gasteiger partial charge in [-0.2, -0.15) is 0 Å². The number of aryl methyl sites for hydroxylation is 1. The Kier molecular flexibility index (Phi) is 9.24. The molecule has 2 aromatic carbocycles. The van der Waals surface area contributed by atoms with E-state index in [-0.39, 0.29) is 17.2 Å². The zero-order chi connectivity index (χ0) is 29.1. The van der Waals surface area contributed by atoms with Crippen molar-refractivity contribution in [3.8, 4) is 5.75 Å². The van der Waals surface area contributed by atoms with Crippen LogP contribution in [0.4, 0.5) is 17.1 Å². The SMILES string of the molecule is COc1c(NSC)cc(C(C)(C)C)cc1NC(=O)c1ccc(C)c(N(N)/C=C(\N)c2cnc(C(C)C)n2C)c1. The highest BCUT2D eigenvalue weighted by atomic mass is 32.2. The van der Waals surface area contributed by atoms with Gasteiger partial charge in [0.15, 0.2) is 5.75 Å². The van der Waals surface area contributed by atoms with Crippen molar-refractivity contribution in [3.63, 3.8) is 0 Å². The topological polar surface area (TPSA) is 123 Å². The summed E-state index contributed by atoms with van der Waals surface area (Å²) in [5.41, 5.74) is 11.9. The molecule has 0 spiro atoms. The first-order chi connectivity index (χ1) is 18.3. The highest BCUT2D eigenvalue weighted by molar-refractivity contribution is 7.99. The van der Waals surface area contributed by atoms with Crippen molar-refractivity contribution >= 4 is 40.6 Å². The Hall–Kier alpha value is -3.63. The number of nitrogens with zero attached hydrogens (tertiary/aromatic N) is 3. The van der Waals surface area contributed by atoms with Crippen molar-refractivity contribution in [2.45, 2.75) is 52.9 Å². The van der Waals surface area contributed by atoms with Crippen LogP contribution in [0.2, 0.25) is 0 Å². The number of rotatable bonds is 9. The van der Waals surface area contributed by atoms with Gasteiger partial charge in [0.05, 0.1) is 41.8 Å². The Balaban J connectivity index is 1.94. The van der Waals surface area contributed by atoms with Gasteiger partial charge in [-0.1, -0.05) is 52.6 Å². The second-order valence-electron chi connectivity index (χ2n) is 10.8. The van der Waals surface area contributed by atoms with E-state index < -0.39 is 0 Å². The molecule has 0 aliphatic rings. The summed E-state index contributed by atoms with van der Waals surface area (Å²) in [6, 6.07) is 9.38. The summed E-state index contributed by atoms with van der Waals surface area (Å²) in [6.45, 7) is 12.5. The first-order valence-electron chi connectivity index (χ1n) is 12.7. The molecule has 0 bridgehead atoms. The van der Waals surface area contributed by atoms with Crippen LogP contribution in [-0.4, -0.2) is 28.8 Å². The summed E-state index contributed by atoms with van der Waals surface area (Å²) >= 11 is 1.46. The van der Waals surface area contributed by atoms with Crippen molar-refractivity contribution in [2.75, 3.05) is 28.4 Å². The normalized spacial score (nSPS) is 12.0. The van der Waals surface area contributed by atoms with Gasteiger partial charge in [-0.3, -0.25) is 9.80 Å². The third-order valence-corrected chi connectivity index (χ3v) is 6.91. The zero-order valence-electron chi connectivity index (χ0n) is 24.3. The van der Waals surface area contributed by atoms with Gasteiger partial charge in [-0.15, -0.1) is 0 Å². The fourth-order valence-corrected chi connectivity index (χ4v) is 4.67. The molecule has 210 valence electrons. The minimum absolute atomic E-state index is 0.131. The number of methoxy groups -OCH3 is 1. The van der Waals surface area contributed by atoms with Crippen LogP contribution in [0.3, 0.4) is 0 Å². The number of carbonyl (C=O) groups is 1. The number of imidazole rings is 1. The van der Waals surface area contributed by atoms with Crippen LogP contribution < -0.4 is 31.4 Å². The summed E-state index contributed by atoms with van der Waals surface area (Å²) in [4.78, 5) is 17.9. The van der Waals surface area contributed by atoms with E-state index in [9.17, 15) is 4.79 Å². The minimum atomic E-state index is -0.283. The Morgan fingerprint density at radius 2 is 1.87 bits per heavy atom. The Bertz CT molecular complexity index is 1370. The molecule has 0 atom stereocenters. The second kappa shape index (κ2) is 12.0. The lowest BCUT2D eigenvalue weighted by Crippen LogP contribution is -2.27. The fraction of sp³-hybridized carbons (Fsp3) is 0.379. The van der Waals surface area contributed by atoms with Crippen LogP contribution in [0, 0.1) is 6.92 Å². The maximum atomic E-state index is 13.5. The van der Waals surface area contributed by atoms with Crippen LogP contribution in [0.5, 0.6) is 5.75 Å². The first-order valence-corrected chi connectivity index (χ1v) is 14.0. The molecular formula is C29H41N7O2S. The molecule has 1 aromatic heterocycles. The molecule has 0 unspecified atom stereocenters. The Labute approximate surface area is 236 Å². The predicted molar refractivity (Wildman–Crippen MR) is 164 cm³/mol. The average molecular weight is 552 g/mol. The molecule has 3 aromatic rings. The van der Waals surface area contributed by atoms with E-state index in [2.05, 4.69) is 49.6 Å². The summed E-state index contributed by atoms with van der Waals surface area (Å²) in [5.74, 6) is 7.90. The molecule has 10 heteroatoms. The molecule has 39 heavy (non-hydrogen) atoms. The largest absolute Gasteiger partial charge is 0.492 e. The highest BCUT2D eigenvalue weighted by Gasteiger charge is 2.22. The monoisotopic (exact) mass is 551 g/mol. The molecular weight excluding hydrogens is 510 g/mol. The number of carbonyl (C=O) groups excluding carboxylic acids is 1. The number of aromatic nitrogens is 2. The van der Waals surface area contributed by atoms with Gasteiger partial charge in [0.2, 0.25) is 0 Å². The summed E-state index contributed by atoms with van der Waals surface area (Å²) in [5, 5.41) is 4.47. The molecule has 6 N–H and O–H groups in total. The highest BCUT2D eigenvalue weighted by Crippen LogP contribution is 2.39. The molecule has 0 saturated heterocycles. The van der Waals surface area contributed by atoms with E-state index in [1.165, 1.54) is 17.0 Å². The molecule has 0 aliphatic heterocycles. The van der Waals surface area contributed by atoms with E-state index in [1.807, 2.05) is 43.0 Å². The lowest BCUT2D eigenvalue weighted by atomic mass is 9.86. The third-order valence-electron chi connectivity index (χ3n) is 6.48. The van der Waals surface area contributed by atoms with Gasteiger partial charge < -0.3 is 25.1 Å². The lowest BCUT2D eigenvalue weighted by molar-refractivity contribution is 0.102. The van der Waals surface area contributed by atoms with Crippen molar-refractivity contribution in [2.24, 2.45) is 18.6 Å². The maximum Gasteiger partial charge on any atom is 0.255 e. The smallest absolute Gasteiger partial charge is 0.255 e. The molecule has 0 aliphatic carbocycles. The predicted octanol–water partition coefficient (Wildman–Crippen LogP) is 5.74. The number of hydrogen-bond donors (Lipinski definition) is 4. The molecule has 0 saturated carbocycles. The first kappa shape index (κ1) is 29.9. The van der Waals surface area contributed by atoms with Gasteiger partial charge in [0.1, 0.15) is 5.82 Å². The van der Waals surface area contributed by atoms with Crippen LogP contribution >= 0.6 is 11.9 Å². The van der Waals surface area contributed by atoms with E-state index in [0.717, 1.165) is 28.3 Å². The molecule has 0 radical (unpaired) electrons. The number of anilines is 3. The fourth-order valence-electron chi connectivity index (χ4n) is 4.30. The zero-order valence-corrected chi connectivity index (χ0v) is 25.2. The third kappa shape index (κ3) is 6.69. The number of hydrazine groups is 1. The van der Waals surface area contributed by atoms with Crippen molar-refractivity contribution in [3.05, 3.63) is 70.9 Å². The number of benzene rings is 2. The van der Waals surface area contributed by atoms with Gasteiger partial charge in [0, 0.05) is 31.0 Å². The van der Waals surface area contributed by atoms with Gasteiger partial charge in [-0.05, 0) is 47.7 Å². The van der Waals surface area contributed by atoms with Gasteiger partial charge in [0.25, 0.3) is 5.91 Å². The summed E-state index contributed by atoms with van der Waals surface area (Å²) < 4.78 is 10.9. The summed E-state index contributed by atoms with van der Waals surface area (Å²) in [6.07, 6.45) is 5.32. The second-order valence-corrected chi connectivity index (χ2v) is 11.4. The van der Waals surface area contributed by atoms with Crippen LogP contribution in [0.25, 0.3) is 5.70 Å². The Morgan fingerprint density at radius 3 is 2.44 bits per heavy atom. The van der Waals surface area contributed by atoms with Crippen LogP contribution in [-0.2, 0) is 12.5 Å². The minimum Gasteiger partial charge on any atom is -0.492 e. The van der Waals surface area contributed by atoms with E-state index >= 15 is 0 Å². The maximum absolute atomic E-state index is 13.5. The number of hydrogen-bond acceptors (Lipinski definition) is 8. The molecule has 0 fully saturated rings. The number of ether oxygens (including phenoxy) is 1. The van der Waals surface area contributed by atoms with Crippen LogP contribution in [0.1, 0.15) is 73.5 Å². The Morgan fingerprint density at radius 1 is 1.21 bits per heavy atom. The molecule has 9 nitrogen and oxygen atoms in total. The lowest BCUT2D eigenvalue weighted by Gasteiger charge is -2.24. The molecule has 1 amide bonds. The van der Waals surface area contributed by atoms with E-state index in [1.54, 1.807) is 31.6 Å². The van der Waals surface area contributed by atoms with Crippen molar-refractivity contribution in [1.82, 2.24) is 9.55 Å². The molecule has 1 heterocycles. The number of nitrogens with two attached hydrogens (primary N) is 2. The van der Waals surface area contributed by atoms with Gasteiger partial charge >= 0.3 is 0 Å². The summed E-state index contributed by atoms with van der Waals surface area (Å²) in [7, 11) is 3.52. The van der Waals surface area contributed by atoms with Gasteiger partial charge in [-0.25, -0.2) is 10.8 Å². The number of nitrogens with one attached hydrogen (secondary N) is 2. The average Bonchev–Trinajstić information content (AvgIpc) is 3.25. The van der Waals surface area contributed by atoms with Crippen molar-refractivity contribution in [1.29, 1.82) is 0 Å². The quantitative estimate of drug-likeness (QED) is 0.151. The number of amides is 1.